The summed E-state index contributed by atoms with van der Waals surface area (Å²) in [7, 11) is 2.14. The smallest absolute Gasteiger partial charge is 0.243 e. The number of nitrogens with zero attached hydrogens (tertiary/aromatic N) is 2. The average molecular weight is 562 g/mol. The Morgan fingerprint density at radius 3 is 2.41 bits per heavy atom. The molecule has 0 aliphatic carbocycles. The zero-order valence-electron chi connectivity index (χ0n) is 22.1. The van der Waals surface area contributed by atoms with E-state index in [-0.39, 0.29) is 41.0 Å². The summed E-state index contributed by atoms with van der Waals surface area (Å²) in [6.45, 7) is 6.10. The molecule has 0 radical (unpaired) electrons. The van der Waals surface area contributed by atoms with Gasteiger partial charge in [-0.2, -0.15) is 0 Å². The molecule has 10 nitrogen and oxygen atoms in total. The Hall–Kier alpha value is -3.31. The lowest BCUT2D eigenvalue weighted by Crippen LogP contribution is -2.45. The number of piperazine rings is 1. The van der Waals surface area contributed by atoms with Crippen molar-refractivity contribution >= 4 is 29.3 Å². The number of likely N-dealkylation sites (N-methyl/N-ethyl adjacent to an activating group) is 1. The van der Waals surface area contributed by atoms with E-state index in [0.29, 0.717) is 43.1 Å². The highest BCUT2D eigenvalue weighted by molar-refractivity contribution is 5.86. The molecule has 1 amide bonds. The molecule has 3 aromatic rings. The third kappa shape index (κ3) is 8.59. The van der Waals surface area contributed by atoms with Crippen LogP contribution in [-0.4, -0.2) is 79.0 Å². The van der Waals surface area contributed by atoms with Crippen molar-refractivity contribution in [1.82, 2.24) is 15.3 Å². The van der Waals surface area contributed by atoms with Gasteiger partial charge in [-0.15, -0.1) is 12.4 Å². The number of ether oxygens (including phenoxy) is 2. The fourth-order valence-electron chi connectivity index (χ4n) is 4.36. The van der Waals surface area contributed by atoms with Crippen LogP contribution in [0.4, 0.5) is 0 Å². The number of unbranched alkanes of at least 4 members (excludes halogenated alkanes) is 2. The Labute approximate surface area is 233 Å². The number of phenolic OH excluding ortho intramolecular Hbond substituents is 1. The van der Waals surface area contributed by atoms with Gasteiger partial charge in [0.25, 0.3) is 0 Å². The second kappa shape index (κ2) is 14.7. The molecule has 1 saturated heterocycles. The first-order valence-electron chi connectivity index (χ1n) is 12.9. The van der Waals surface area contributed by atoms with Gasteiger partial charge in [-0.25, -0.2) is 5.48 Å². The summed E-state index contributed by atoms with van der Waals surface area (Å²) in [5.74, 6) is 0.884. The van der Waals surface area contributed by atoms with E-state index in [1.807, 2.05) is 24.3 Å². The van der Waals surface area contributed by atoms with E-state index in [4.69, 9.17) is 19.1 Å². The standard InChI is InChI=1S/C28H35N3O7.ClH/c1-30-10-12-31(13-11-30)14-16-37-21-8-6-20(7-9-21)25-19-24(33)28-23(32)17-22(18-26(28)38-25)36-15-4-2-3-5-27(34)29-35;/h6-9,17-19,32,35H,2-5,10-16H2,1H3,(H,29,34);1H. The van der Waals surface area contributed by atoms with Crippen molar-refractivity contribution in [1.29, 1.82) is 0 Å². The lowest BCUT2D eigenvalue weighted by atomic mass is 10.1. The zero-order valence-corrected chi connectivity index (χ0v) is 22.9. The summed E-state index contributed by atoms with van der Waals surface area (Å²) in [4.78, 5) is 28.5. The lowest BCUT2D eigenvalue weighted by molar-refractivity contribution is -0.129. The number of hydroxylamine groups is 1. The first-order chi connectivity index (χ1) is 18.4. The number of aromatic hydroxyl groups is 1. The molecule has 1 aliphatic rings. The molecule has 2 aromatic carbocycles. The summed E-state index contributed by atoms with van der Waals surface area (Å²) in [5.41, 5.74) is 2.21. The molecule has 1 aliphatic heterocycles. The fraction of sp³-hybridized carbons (Fsp3) is 0.429. The van der Waals surface area contributed by atoms with E-state index in [1.165, 1.54) is 12.1 Å². The topological polar surface area (TPSA) is 125 Å². The molecule has 11 heteroatoms. The fourth-order valence-corrected chi connectivity index (χ4v) is 4.36. The number of amides is 1. The van der Waals surface area contributed by atoms with Gasteiger partial charge in [-0.05, 0) is 50.6 Å². The van der Waals surface area contributed by atoms with Crippen LogP contribution in [0.5, 0.6) is 17.2 Å². The van der Waals surface area contributed by atoms with Gasteiger partial charge in [0.2, 0.25) is 5.91 Å². The SMILES string of the molecule is CN1CCN(CCOc2ccc(-c3cc(=O)c4c(O)cc(OCCCCCC(=O)NO)cc4o3)cc2)CC1.Cl. The van der Waals surface area contributed by atoms with Gasteiger partial charge in [0.05, 0.1) is 6.61 Å². The third-order valence-electron chi connectivity index (χ3n) is 6.64. The number of hydrogen-bond donors (Lipinski definition) is 3. The molecule has 0 atom stereocenters. The first kappa shape index (κ1) is 30.2. The second-order valence-electron chi connectivity index (χ2n) is 9.50. The Balaban J connectivity index is 0.00000420. The summed E-state index contributed by atoms with van der Waals surface area (Å²) in [5, 5.41) is 19.0. The van der Waals surface area contributed by atoms with Crippen molar-refractivity contribution in [2.24, 2.45) is 0 Å². The van der Waals surface area contributed by atoms with Crippen molar-refractivity contribution in [3.8, 4) is 28.6 Å². The minimum atomic E-state index is -0.417. The average Bonchev–Trinajstić information content (AvgIpc) is 2.91. The lowest BCUT2D eigenvalue weighted by Gasteiger charge is -2.32. The Morgan fingerprint density at radius 2 is 1.69 bits per heavy atom. The van der Waals surface area contributed by atoms with Gasteiger partial charge in [0.15, 0.2) is 5.43 Å². The van der Waals surface area contributed by atoms with Crippen LogP contribution in [0.15, 0.2) is 51.7 Å². The van der Waals surface area contributed by atoms with Crippen LogP contribution in [0.2, 0.25) is 0 Å². The molecule has 2 heterocycles. The van der Waals surface area contributed by atoms with Crippen LogP contribution in [0.25, 0.3) is 22.3 Å². The minimum Gasteiger partial charge on any atom is -0.507 e. The molecule has 0 spiro atoms. The predicted molar refractivity (Wildman–Crippen MR) is 150 cm³/mol. The van der Waals surface area contributed by atoms with E-state index < -0.39 is 5.91 Å². The molecule has 4 rings (SSSR count). The first-order valence-corrected chi connectivity index (χ1v) is 12.9. The molecule has 39 heavy (non-hydrogen) atoms. The van der Waals surface area contributed by atoms with Crippen molar-refractivity contribution in [2.75, 3.05) is 53.0 Å². The predicted octanol–water partition coefficient (Wildman–Crippen LogP) is 3.66. The monoisotopic (exact) mass is 561 g/mol. The van der Waals surface area contributed by atoms with Crippen LogP contribution < -0.4 is 20.4 Å². The summed E-state index contributed by atoms with van der Waals surface area (Å²) >= 11 is 0. The number of benzene rings is 2. The van der Waals surface area contributed by atoms with Crippen molar-refractivity contribution in [3.05, 3.63) is 52.7 Å². The number of fused-ring (bicyclic) bond motifs is 1. The molecule has 1 fully saturated rings. The number of hydrogen-bond acceptors (Lipinski definition) is 9. The molecule has 3 N–H and O–H groups in total. The van der Waals surface area contributed by atoms with E-state index >= 15 is 0 Å². The number of phenols is 1. The highest BCUT2D eigenvalue weighted by Gasteiger charge is 2.15. The van der Waals surface area contributed by atoms with Gasteiger partial charge in [0.1, 0.15) is 40.6 Å². The second-order valence-corrected chi connectivity index (χ2v) is 9.50. The van der Waals surface area contributed by atoms with Crippen molar-refractivity contribution in [2.45, 2.75) is 25.7 Å². The quantitative estimate of drug-likeness (QED) is 0.173. The van der Waals surface area contributed by atoms with Gasteiger partial charge < -0.3 is 23.9 Å². The molecule has 1 aromatic heterocycles. The normalized spacial score (nSPS) is 14.1. The van der Waals surface area contributed by atoms with Crippen molar-refractivity contribution in [3.63, 3.8) is 0 Å². The molecule has 0 unspecified atom stereocenters. The number of carbonyl (C=O) groups excluding carboxylic acids is 1. The van der Waals surface area contributed by atoms with Crippen LogP contribution in [0.3, 0.4) is 0 Å². The maximum atomic E-state index is 12.8. The molecule has 0 saturated carbocycles. The van der Waals surface area contributed by atoms with Gasteiger partial charge in [0, 0.05) is 62.9 Å². The number of nitrogens with one attached hydrogen (secondary N) is 1. The molecule has 0 bridgehead atoms. The van der Waals surface area contributed by atoms with Crippen LogP contribution >= 0.6 is 12.4 Å². The summed E-state index contributed by atoms with van der Waals surface area (Å²) in [6.07, 6.45) is 2.29. The van der Waals surface area contributed by atoms with Crippen LogP contribution in [0.1, 0.15) is 25.7 Å². The molecular formula is C28H36ClN3O7. The maximum absolute atomic E-state index is 12.8. The Kier molecular flexibility index (Phi) is 11.4. The highest BCUT2D eigenvalue weighted by atomic mass is 35.5. The number of halogens is 1. The van der Waals surface area contributed by atoms with Crippen LogP contribution in [0, 0.1) is 0 Å². The van der Waals surface area contributed by atoms with E-state index in [0.717, 1.165) is 44.9 Å². The number of carbonyl (C=O) groups is 1. The van der Waals surface area contributed by atoms with Gasteiger partial charge >= 0.3 is 0 Å². The molecular weight excluding hydrogens is 526 g/mol. The maximum Gasteiger partial charge on any atom is 0.243 e. The third-order valence-corrected chi connectivity index (χ3v) is 6.64. The highest BCUT2D eigenvalue weighted by Crippen LogP contribution is 2.31. The minimum absolute atomic E-state index is 0. The van der Waals surface area contributed by atoms with Crippen LogP contribution in [-0.2, 0) is 4.79 Å². The van der Waals surface area contributed by atoms with Crippen molar-refractivity contribution < 1.29 is 29.0 Å². The van der Waals surface area contributed by atoms with Gasteiger partial charge in [-0.3, -0.25) is 19.7 Å². The van der Waals surface area contributed by atoms with E-state index in [2.05, 4.69) is 16.8 Å². The molecule has 212 valence electrons. The Morgan fingerprint density at radius 1 is 0.974 bits per heavy atom. The Bertz CT molecular complexity index is 1270. The number of rotatable bonds is 12. The zero-order chi connectivity index (χ0) is 26.9. The van der Waals surface area contributed by atoms with E-state index in [9.17, 15) is 14.7 Å². The van der Waals surface area contributed by atoms with E-state index in [1.54, 1.807) is 11.5 Å². The largest absolute Gasteiger partial charge is 0.507 e. The summed E-state index contributed by atoms with van der Waals surface area (Å²) in [6, 6.07) is 11.7. The summed E-state index contributed by atoms with van der Waals surface area (Å²) < 4.78 is 17.6. The van der Waals surface area contributed by atoms with Gasteiger partial charge in [-0.1, -0.05) is 0 Å².